The van der Waals surface area contributed by atoms with Crippen LogP contribution in [-0.4, -0.2) is 25.2 Å². The Hall–Kier alpha value is -0.570. The molecule has 0 spiro atoms. The van der Waals surface area contributed by atoms with E-state index in [1.807, 2.05) is 27.8 Å². The minimum absolute atomic E-state index is 0.0554. The first-order chi connectivity index (χ1) is 7.87. The van der Waals surface area contributed by atoms with E-state index in [4.69, 9.17) is 4.74 Å². The largest absolute Gasteiger partial charge is 0.460 e. The lowest BCUT2D eigenvalue weighted by atomic mass is 9.62. The van der Waals surface area contributed by atoms with Gasteiger partial charge in [-0.15, -0.1) is 0 Å². The van der Waals surface area contributed by atoms with Gasteiger partial charge in [-0.1, -0.05) is 0 Å². The van der Waals surface area contributed by atoms with Gasteiger partial charge >= 0.3 is 5.97 Å². The van der Waals surface area contributed by atoms with Crippen LogP contribution in [-0.2, 0) is 9.53 Å². The first-order valence-electron chi connectivity index (χ1n) is 6.75. The summed E-state index contributed by atoms with van der Waals surface area (Å²) in [7, 11) is 1.99. The molecule has 2 aliphatic rings. The maximum absolute atomic E-state index is 12.4. The summed E-state index contributed by atoms with van der Waals surface area (Å²) >= 11 is 0. The molecule has 0 saturated heterocycles. The van der Waals surface area contributed by atoms with E-state index in [1.165, 1.54) is 12.8 Å². The zero-order valence-electron chi connectivity index (χ0n) is 11.5. The molecular weight excluding hydrogens is 214 g/mol. The molecule has 0 aliphatic heterocycles. The van der Waals surface area contributed by atoms with Crippen LogP contribution in [0.1, 0.15) is 46.5 Å². The van der Waals surface area contributed by atoms with Crippen LogP contribution in [0.5, 0.6) is 0 Å². The lowest BCUT2D eigenvalue weighted by molar-refractivity contribution is -0.177. The van der Waals surface area contributed by atoms with Gasteiger partial charge in [0.1, 0.15) is 5.60 Å². The van der Waals surface area contributed by atoms with Crippen LogP contribution < -0.4 is 5.32 Å². The van der Waals surface area contributed by atoms with Crippen molar-refractivity contribution in [3.8, 4) is 0 Å². The second kappa shape index (κ2) is 4.27. The molecule has 3 nitrogen and oxygen atoms in total. The molecule has 2 saturated carbocycles. The molecule has 98 valence electrons. The van der Waals surface area contributed by atoms with Crippen LogP contribution in [0.3, 0.4) is 0 Å². The van der Waals surface area contributed by atoms with E-state index in [0.29, 0.717) is 11.8 Å². The molecule has 0 aromatic carbocycles. The molecule has 0 bridgehead atoms. The highest BCUT2D eigenvalue weighted by molar-refractivity contribution is 5.79. The average molecular weight is 239 g/mol. The zero-order chi connectivity index (χ0) is 12.7. The summed E-state index contributed by atoms with van der Waals surface area (Å²) in [6.45, 7) is 6.89. The van der Waals surface area contributed by atoms with Gasteiger partial charge in [-0.2, -0.15) is 0 Å². The van der Waals surface area contributed by atoms with Gasteiger partial charge in [0.15, 0.2) is 0 Å². The van der Waals surface area contributed by atoms with Crippen molar-refractivity contribution in [2.45, 2.75) is 52.1 Å². The molecule has 0 aromatic heterocycles. The van der Waals surface area contributed by atoms with E-state index in [2.05, 4.69) is 5.32 Å². The van der Waals surface area contributed by atoms with Crippen molar-refractivity contribution in [2.75, 3.05) is 13.6 Å². The Morgan fingerprint density at radius 3 is 2.65 bits per heavy atom. The Kier molecular flexibility index (Phi) is 3.23. The van der Waals surface area contributed by atoms with Crippen molar-refractivity contribution in [1.29, 1.82) is 0 Å². The molecular formula is C14H25NO2. The van der Waals surface area contributed by atoms with Gasteiger partial charge in [-0.25, -0.2) is 0 Å². The normalized spacial score (nSPS) is 36.2. The molecule has 0 heterocycles. The molecule has 0 aromatic rings. The summed E-state index contributed by atoms with van der Waals surface area (Å²) in [6.07, 6.45) is 4.46. The lowest BCUT2D eigenvalue weighted by Crippen LogP contribution is -2.46. The van der Waals surface area contributed by atoms with Crippen LogP contribution in [0.4, 0.5) is 0 Å². The first kappa shape index (κ1) is 12.9. The van der Waals surface area contributed by atoms with E-state index in [-0.39, 0.29) is 17.0 Å². The number of ether oxygens (including phenoxy) is 1. The Morgan fingerprint density at radius 1 is 1.47 bits per heavy atom. The fourth-order valence-electron chi connectivity index (χ4n) is 3.49. The predicted molar refractivity (Wildman–Crippen MR) is 67.7 cm³/mol. The number of esters is 1. The van der Waals surface area contributed by atoms with Gasteiger partial charge < -0.3 is 10.1 Å². The number of hydrogen-bond acceptors (Lipinski definition) is 3. The third kappa shape index (κ3) is 2.35. The number of carbonyl (C=O) groups is 1. The highest BCUT2D eigenvalue weighted by Crippen LogP contribution is 2.60. The van der Waals surface area contributed by atoms with E-state index >= 15 is 0 Å². The molecule has 0 radical (unpaired) electrons. The Balaban J connectivity index is 2.02. The first-order valence-corrected chi connectivity index (χ1v) is 6.75. The second-order valence-corrected chi connectivity index (χ2v) is 6.76. The highest BCUT2D eigenvalue weighted by atomic mass is 16.6. The zero-order valence-corrected chi connectivity index (χ0v) is 11.5. The van der Waals surface area contributed by atoms with E-state index < -0.39 is 0 Å². The van der Waals surface area contributed by atoms with Gasteiger partial charge in [0.05, 0.1) is 5.41 Å². The summed E-state index contributed by atoms with van der Waals surface area (Å²) in [5.74, 6) is 1.29. The van der Waals surface area contributed by atoms with Crippen molar-refractivity contribution in [3.05, 3.63) is 0 Å². The van der Waals surface area contributed by atoms with Crippen molar-refractivity contribution in [3.63, 3.8) is 0 Å². The van der Waals surface area contributed by atoms with Crippen molar-refractivity contribution in [1.82, 2.24) is 5.32 Å². The second-order valence-electron chi connectivity index (χ2n) is 6.76. The number of nitrogens with one attached hydrogen (secondary N) is 1. The standard InChI is InChI=1S/C14H25NO2/c1-13(2,3)17-12(16)14-6-5-11(14)7-10(8-14)9-15-4/h10-11,15H,5-9H2,1-4H3. The molecule has 17 heavy (non-hydrogen) atoms. The fourth-order valence-corrected chi connectivity index (χ4v) is 3.49. The molecule has 3 heteroatoms. The minimum Gasteiger partial charge on any atom is -0.460 e. The van der Waals surface area contributed by atoms with Crippen molar-refractivity contribution < 1.29 is 9.53 Å². The molecule has 0 amide bonds. The van der Waals surface area contributed by atoms with E-state index in [0.717, 1.165) is 19.4 Å². The van der Waals surface area contributed by atoms with Gasteiger partial charge in [0, 0.05) is 0 Å². The molecule has 3 unspecified atom stereocenters. The molecule has 3 atom stereocenters. The Bertz CT molecular complexity index is 308. The highest BCUT2D eigenvalue weighted by Gasteiger charge is 2.59. The summed E-state index contributed by atoms with van der Waals surface area (Å²) in [4.78, 5) is 12.4. The Morgan fingerprint density at radius 2 is 2.18 bits per heavy atom. The minimum atomic E-state index is -0.354. The third-order valence-electron chi connectivity index (χ3n) is 4.29. The van der Waals surface area contributed by atoms with Crippen LogP contribution in [0.2, 0.25) is 0 Å². The van der Waals surface area contributed by atoms with Crippen molar-refractivity contribution in [2.24, 2.45) is 17.3 Å². The van der Waals surface area contributed by atoms with E-state index in [1.54, 1.807) is 0 Å². The van der Waals surface area contributed by atoms with E-state index in [9.17, 15) is 4.79 Å². The molecule has 2 rings (SSSR count). The lowest BCUT2D eigenvalue weighted by Gasteiger charge is -2.43. The van der Waals surface area contributed by atoms with Crippen LogP contribution in [0.25, 0.3) is 0 Å². The Labute approximate surface area is 104 Å². The third-order valence-corrected chi connectivity index (χ3v) is 4.29. The topological polar surface area (TPSA) is 38.3 Å². The number of hydrogen-bond donors (Lipinski definition) is 1. The monoisotopic (exact) mass is 239 g/mol. The molecule has 2 fully saturated rings. The van der Waals surface area contributed by atoms with Gasteiger partial charge in [0.2, 0.25) is 0 Å². The molecule has 2 aliphatic carbocycles. The number of rotatable bonds is 3. The smallest absolute Gasteiger partial charge is 0.312 e. The van der Waals surface area contributed by atoms with Crippen LogP contribution >= 0.6 is 0 Å². The summed E-state index contributed by atoms with van der Waals surface area (Å²) in [6, 6.07) is 0. The van der Waals surface area contributed by atoms with Crippen molar-refractivity contribution >= 4 is 5.97 Å². The number of carbonyl (C=O) groups excluding carboxylic acids is 1. The maximum atomic E-state index is 12.4. The number of fused-ring (bicyclic) bond motifs is 1. The van der Waals surface area contributed by atoms with Gasteiger partial charge in [-0.05, 0) is 71.9 Å². The van der Waals surface area contributed by atoms with Gasteiger partial charge in [0.25, 0.3) is 0 Å². The average Bonchev–Trinajstić information content (AvgIpc) is 2.39. The quantitative estimate of drug-likeness (QED) is 0.768. The summed E-state index contributed by atoms with van der Waals surface area (Å²) in [5, 5.41) is 3.23. The summed E-state index contributed by atoms with van der Waals surface area (Å²) in [5.41, 5.74) is -0.484. The predicted octanol–water partition coefficient (Wildman–Crippen LogP) is 2.35. The van der Waals surface area contributed by atoms with Gasteiger partial charge in [-0.3, -0.25) is 4.79 Å². The van der Waals surface area contributed by atoms with Crippen LogP contribution in [0.15, 0.2) is 0 Å². The van der Waals surface area contributed by atoms with Crippen LogP contribution in [0, 0.1) is 17.3 Å². The fraction of sp³-hybridized carbons (Fsp3) is 0.929. The molecule has 1 N–H and O–H groups in total. The SMILES string of the molecule is CNCC1CC2CCC2(C(=O)OC(C)(C)C)C1. The summed E-state index contributed by atoms with van der Waals surface area (Å²) < 4.78 is 5.61. The maximum Gasteiger partial charge on any atom is 0.312 e.